The van der Waals surface area contributed by atoms with Gasteiger partial charge in [0.1, 0.15) is 17.2 Å². The summed E-state index contributed by atoms with van der Waals surface area (Å²) < 4.78 is 20.2. The zero-order valence-corrected chi connectivity index (χ0v) is 25.1. The average molecular weight is 553 g/mol. The molecule has 1 atom stereocenters. The molecule has 3 aliphatic rings. The number of hydrogen-bond donors (Lipinski definition) is 0. The van der Waals surface area contributed by atoms with E-state index in [4.69, 9.17) is 19.2 Å². The molecular weight excluding hydrogens is 508 g/mol. The Hall–Kier alpha value is -3.23. The van der Waals surface area contributed by atoms with Gasteiger partial charge in [0, 0.05) is 56.5 Å². The number of amides is 2. The predicted molar refractivity (Wildman–Crippen MR) is 152 cm³/mol. The number of para-hydroxylation sites is 1. The third-order valence-corrected chi connectivity index (χ3v) is 8.42. The van der Waals surface area contributed by atoms with Crippen molar-refractivity contribution in [1.29, 1.82) is 0 Å². The van der Waals surface area contributed by atoms with Gasteiger partial charge in [0.2, 0.25) is 0 Å². The Morgan fingerprint density at radius 3 is 2.45 bits per heavy atom. The summed E-state index contributed by atoms with van der Waals surface area (Å²) >= 11 is 0. The Kier molecular flexibility index (Phi) is 7.29. The van der Waals surface area contributed by atoms with Gasteiger partial charge in [0.25, 0.3) is 0 Å². The number of nitrogens with zero attached hydrogens (tertiary/aromatic N) is 4. The summed E-state index contributed by atoms with van der Waals surface area (Å²) in [5, 5.41) is 0. The highest BCUT2D eigenvalue weighted by atomic mass is 16.6. The number of imidazole rings is 1. The zero-order valence-electron chi connectivity index (χ0n) is 25.1. The minimum Gasteiger partial charge on any atom is -0.480 e. The topological polar surface area (TPSA) is 86.1 Å². The summed E-state index contributed by atoms with van der Waals surface area (Å²) in [5.41, 5.74) is 1.56. The largest absolute Gasteiger partial charge is 0.480 e. The number of aromatic nitrogens is 2. The first kappa shape index (κ1) is 28.3. The second kappa shape index (κ2) is 10.3. The molecule has 2 amide bonds. The van der Waals surface area contributed by atoms with Crippen LogP contribution in [0.4, 0.5) is 9.59 Å². The van der Waals surface area contributed by atoms with Gasteiger partial charge in [-0.05, 0) is 66.0 Å². The van der Waals surface area contributed by atoms with Crippen LogP contribution in [0.25, 0.3) is 11.3 Å². The van der Waals surface area contributed by atoms with Crippen LogP contribution in [0.2, 0.25) is 0 Å². The highest BCUT2D eigenvalue weighted by molar-refractivity contribution is 5.74. The quantitative estimate of drug-likeness (QED) is 0.450. The van der Waals surface area contributed by atoms with Crippen LogP contribution in [0.5, 0.6) is 5.75 Å². The summed E-state index contributed by atoms with van der Waals surface area (Å²) in [6.07, 6.45) is 3.20. The molecule has 1 spiro atoms. The number of piperidine rings is 2. The molecule has 5 rings (SSSR count). The van der Waals surface area contributed by atoms with Gasteiger partial charge in [-0.15, -0.1) is 0 Å². The minimum atomic E-state index is -0.571. The smallest absolute Gasteiger partial charge is 0.410 e. The van der Waals surface area contributed by atoms with Gasteiger partial charge in [-0.25, -0.2) is 14.6 Å². The first-order chi connectivity index (χ1) is 18.8. The molecule has 218 valence electrons. The number of ether oxygens (including phenoxy) is 3. The van der Waals surface area contributed by atoms with E-state index in [0.717, 1.165) is 47.8 Å². The standard InChI is InChI=1S/C31H44N4O5/c1-8-19-38-27(36)34-17-14-31(15-18-34)25-24(22-11-9-10-12-23(22)39-31)32-26(33(25)7)21-13-16-35(30(5,6)20-21)28(37)40-29(2,3)4/h9-12,21H,8,13-20H2,1-7H3/t21-/m1/s1. The van der Waals surface area contributed by atoms with Crippen molar-refractivity contribution in [3.63, 3.8) is 0 Å². The Bertz CT molecular complexity index is 1270. The number of carbonyl (C=O) groups excluding carboxylic acids is 2. The fraction of sp³-hybridized carbons (Fsp3) is 0.645. The molecule has 2 aromatic rings. The maximum absolute atomic E-state index is 13.0. The third kappa shape index (κ3) is 5.15. The maximum atomic E-state index is 13.0. The molecule has 1 aromatic carbocycles. The SMILES string of the molecule is CCCOC(=O)N1CCC2(CC1)Oc1ccccc1-c1nc([C@@H]3CCN(C(=O)OC(C)(C)C)C(C)(C)C3)n(C)c12. The van der Waals surface area contributed by atoms with Crippen molar-refractivity contribution in [2.75, 3.05) is 26.2 Å². The molecule has 9 nitrogen and oxygen atoms in total. The Labute approximate surface area is 237 Å². The molecule has 4 heterocycles. The molecule has 0 unspecified atom stereocenters. The number of rotatable bonds is 3. The van der Waals surface area contributed by atoms with Gasteiger partial charge in [-0.3, -0.25) is 0 Å². The van der Waals surface area contributed by atoms with Crippen LogP contribution >= 0.6 is 0 Å². The number of fused-ring (bicyclic) bond motifs is 4. The molecule has 0 N–H and O–H groups in total. The van der Waals surface area contributed by atoms with E-state index in [-0.39, 0.29) is 23.6 Å². The normalized spacial score (nSPS) is 21.3. The van der Waals surface area contributed by atoms with Gasteiger partial charge >= 0.3 is 12.2 Å². The van der Waals surface area contributed by atoms with Crippen LogP contribution in [0.15, 0.2) is 24.3 Å². The fourth-order valence-corrected chi connectivity index (χ4v) is 6.55. The second-order valence-electron chi connectivity index (χ2n) is 13.1. The van der Waals surface area contributed by atoms with Crippen LogP contribution in [0, 0.1) is 0 Å². The summed E-state index contributed by atoms with van der Waals surface area (Å²) in [6, 6.07) is 8.10. The van der Waals surface area contributed by atoms with E-state index in [1.54, 1.807) is 4.90 Å². The van der Waals surface area contributed by atoms with Gasteiger partial charge in [0.15, 0.2) is 5.60 Å². The number of likely N-dealkylation sites (tertiary alicyclic amines) is 2. The van der Waals surface area contributed by atoms with Crippen molar-refractivity contribution >= 4 is 12.2 Å². The third-order valence-electron chi connectivity index (χ3n) is 8.42. The van der Waals surface area contributed by atoms with Crippen LogP contribution < -0.4 is 4.74 Å². The predicted octanol–water partition coefficient (Wildman–Crippen LogP) is 6.21. The van der Waals surface area contributed by atoms with E-state index in [1.807, 2.05) is 50.8 Å². The van der Waals surface area contributed by atoms with Crippen LogP contribution in [0.1, 0.15) is 91.1 Å². The molecule has 0 saturated carbocycles. The molecule has 0 bridgehead atoms. The summed E-state index contributed by atoms with van der Waals surface area (Å²) in [7, 11) is 2.09. The highest BCUT2D eigenvalue weighted by Gasteiger charge is 2.49. The lowest BCUT2D eigenvalue weighted by atomic mass is 9.82. The molecule has 2 saturated heterocycles. The van der Waals surface area contributed by atoms with Gasteiger partial charge in [0.05, 0.1) is 18.0 Å². The maximum Gasteiger partial charge on any atom is 0.410 e. The molecule has 2 fully saturated rings. The van der Waals surface area contributed by atoms with E-state index in [9.17, 15) is 9.59 Å². The van der Waals surface area contributed by atoms with Crippen LogP contribution in [-0.4, -0.2) is 68.9 Å². The van der Waals surface area contributed by atoms with Crippen LogP contribution in [0.3, 0.4) is 0 Å². The average Bonchev–Trinajstić information content (AvgIpc) is 3.24. The van der Waals surface area contributed by atoms with Gasteiger partial charge in [-0.2, -0.15) is 0 Å². The van der Waals surface area contributed by atoms with E-state index >= 15 is 0 Å². The molecular formula is C31H44N4O5. The van der Waals surface area contributed by atoms with E-state index in [1.165, 1.54) is 0 Å². The summed E-state index contributed by atoms with van der Waals surface area (Å²) in [5.74, 6) is 2.03. The Balaban J connectivity index is 1.44. The van der Waals surface area contributed by atoms with Crippen molar-refractivity contribution < 1.29 is 23.8 Å². The summed E-state index contributed by atoms with van der Waals surface area (Å²) in [6.45, 7) is 14.1. The monoisotopic (exact) mass is 552 g/mol. The number of hydrogen-bond acceptors (Lipinski definition) is 6. The highest BCUT2D eigenvalue weighted by Crippen LogP contribution is 2.51. The van der Waals surface area contributed by atoms with Crippen molar-refractivity contribution in [1.82, 2.24) is 19.4 Å². The molecule has 9 heteroatoms. The Morgan fingerprint density at radius 2 is 1.80 bits per heavy atom. The van der Waals surface area contributed by atoms with Crippen molar-refractivity contribution in [2.45, 2.75) is 96.3 Å². The lowest BCUT2D eigenvalue weighted by Crippen LogP contribution is -2.54. The molecule has 0 radical (unpaired) electrons. The van der Waals surface area contributed by atoms with Crippen molar-refractivity contribution in [3.8, 4) is 17.0 Å². The molecule has 3 aliphatic heterocycles. The lowest BCUT2D eigenvalue weighted by molar-refractivity contribution is -0.0116. The van der Waals surface area contributed by atoms with E-state index < -0.39 is 11.2 Å². The van der Waals surface area contributed by atoms with E-state index in [0.29, 0.717) is 39.1 Å². The molecule has 0 aliphatic carbocycles. The second-order valence-corrected chi connectivity index (χ2v) is 13.1. The number of carbonyl (C=O) groups is 2. The lowest BCUT2D eigenvalue weighted by Gasteiger charge is -2.45. The zero-order chi connectivity index (χ0) is 28.9. The van der Waals surface area contributed by atoms with Crippen molar-refractivity contribution in [2.24, 2.45) is 7.05 Å². The van der Waals surface area contributed by atoms with Gasteiger partial charge < -0.3 is 28.6 Å². The first-order valence-electron chi connectivity index (χ1n) is 14.6. The van der Waals surface area contributed by atoms with E-state index in [2.05, 4.69) is 31.5 Å². The summed E-state index contributed by atoms with van der Waals surface area (Å²) in [4.78, 5) is 34.5. The van der Waals surface area contributed by atoms with Crippen molar-refractivity contribution in [3.05, 3.63) is 35.8 Å². The first-order valence-corrected chi connectivity index (χ1v) is 14.6. The Morgan fingerprint density at radius 1 is 1.10 bits per heavy atom. The number of benzene rings is 1. The minimum absolute atomic E-state index is 0.178. The molecule has 40 heavy (non-hydrogen) atoms. The van der Waals surface area contributed by atoms with Gasteiger partial charge in [-0.1, -0.05) is 19.1 Å². The van der Waals surface area contributed by atoms with Crippen LogP contribution in [-0.2, 0) is 22.1 Å². The molecule has 1 aromatic heterocycles. The fourth-order valence-electron chi connectivity index (χ4n) is 6.55.